The Bertz CT molecular complexity index is 1490. The average Bonchev–Trinajstić information content (AvgIpc) is 3.04. The molecule has 2 atom stereocenters. The molecular formula is C32H39N7O7. The van der Waals surface area contributed by atoms with Gasteiger partial charge in [-0.2, -0.15) is 0 Å². The Morgan fingerprint density at radius 2 is 1.37 bits per heavy atom. The first-order valence-electron chi connectivity index (χ1n) is 14.4. The van der Waals surface area contributed by atoms with Gasteiger partial charge in [-0.3, -0.25) is 14.6 Å². The van der Waals surface area contributed by atoms with Crippen molar-refractivity contribution in [2.24, 2.45) is 22.2 Å². The van der Waals surface area contributed by atoms with Gasteiger partial charge < -0.3 is 47.7 Å². The normalized spacial score (nSPS) is 11.8. The molecule has 0 saturated carbocycles. The van der Waals surface area contributed by atoms with Gasteiger partial charge in [0.05, 0.1) is 13.0 Å². The third-order valence-electron chi connectivity index (χ3n) is 6.82. The smallest absolute Gasteiger partial charge is 0.343 e. The zero-order valence-corrected chi connectivity index (χ0v) is 25.4. The SMILES string of the molecule is COC(=O)COc1ccc(C(C(=O)N[C@H](CCCN=C(N)N)C(=O)NCc2ccc(CNC(N)=O)cc2)c2ccc(O)cc2)cc1. The topological polar surface area (TPSA) is 233 Å². The lowest BCUT2D eigenvalue weighted by molar-refractivity contribution is -0.142. The van der Waals surface area contributed by atoms with E-state index in [1.165, 1.54) is 19.2 Å². The fourth-order valence-corrected chi connectivity index (χ4v) is 4.42. The lowest BCUT2D eigenvalue weighted by Crippen LogP contribution is -2.48. The number of hydrogen-bond donors (Lipinski definition) is 7. The molecule has 10 N–H and O–H groups in total. The second-order valence-electron chi connectivity index (χ2n) is 10.2. The molecule has 0 bridgehead atoms. The summed E-state index contributed by atoms with van der Waals surface area (Å²) in [6.07, 6.45) is 0.655. The number of phenolic OH excluding ortho intramolecular Hbond substituents is 1. The zero-order valence-electron chi connectivity index (χ0n) is 25.4. The van der Waals surface area contributed by atoms with E-state index < -0.39 is 35.8 Å². The zero-order chi connectivity index (χ0) is 33.5. The van der Waals surface area contributed by atoms with Gasteiger partial charge in [-0.1, -0.05) is 48.5 Å². The van der Waals surface area contributed by atoms with Crippen LogP contribution >= 0.6 is 0 Å². The third-order valence-corrected chi connectivity index (χ3v) is 6.82. The number of methoxy groups -OCH3 is 1. The maximum Gasteiger partial charge on any atom is 0.343 e. The number of guanidine groups is 1. The molecule has 3 rings (SSSR count). The number of amides is 4. The summed E-state index contributed by atoms with van der Waals surface area (Å²) >= 11 is 0. The van der Waals surface area contributed by atoms with Gasteiger partial charge in [0.1, 0.15) is 17.5 Å². The molecule has 0 aliphatic carbocycles. The van der Waals surface area contributed by atoms with Crippen molar-refractivity contribution < 1.29 is 33.8 Å². The Morgan fingerprint density at radius 1 is 0.804 bits per heavy atom. The van der Waals surface area contributed by atoms with Crippen LogP contribution in [0.4, 0.5) is 4.79 Å². The number of aromatic hydroxyl groups is 1. The largest absolute Gasteiger partial charge is 0.508 e. The van der Waals surface area contributed by atoms with Crippen LogP contribution in [0.1, 0.15) is 41.0 Å². The number of benzene rings is 3. The summed E-state index contributed by atoms with van der Waals surface area (Å²) in [5, 5.41) is 18.1. The van der Waals surface area contributed by atoms with Gasteiger partial charge in [-0.15, -0.1) is 0 Å². The first-order chi connectivity index (χ1) is 22.0. The van der Waals surface area contributed by atoms with Crippen LogP contribution in [-0.4, -0.2) is 61.2 Å². The average molecular weight is 634 g/mol. The van der Waals surface area contributed by atoms with Crippen LogP contribution in [0.5, 0.6) is 11.5 Å². The van der Waals surface area contributed by atoms with E-state index in [0.29, 0.717) is 23.3 Å². The van der Waals surface area contributed by atoms with Crippen LogP contribution < -0.4 is 37.9 Å². The highest BCUT2D eigenvalue weighted by Crippen LogP contribution is 2.28. The lowest BCUT2D eigenvalue weighted by Gasteiger charge is -2.23. The molecule has 14 nitrogen and oxygen atoms in total. The molecule has 0 fully saturated rings. The molecule has 0 saturated heterocycles. The Balaban J connectivity index is 1.78. The number of phenols is 1. The van der Waals surface area contributed by atoms with Crippen molar-refractivity contribution in [2.75, 3.05) is 20.3 Å². The van der Waals surface area contributed by atoms with Gasteiger partial charge in [0.2, 0.25) is 11.8 Å². The van der Waals surface area contributed by atoms with Gasteiger partial charge >= 0.3 is 12.0 Å². The quantitative estimate of drug-likeness (QED) is 0.0517. The van der Waals surface area contributed by atoms with Crippen molar-refractivity contribution in [3.05, 3.63) is 95.1 Å². The summed E-state index contributed by atoms with van der Waals surface area (Å²) in [6, 6.07) is 18.5. The van der Waals surface area contributed by atoms with Crippen LogP contribution in [0.3, 0.4) is 0 Å². The van der Waals surface area contributed by atoms with Crippen LogP contribution in [0.2, 0.25) is 0 Å². The number of hydrogen-bond acceptors (Lipinski definition) is 8. The van der Waals surface area contributed by atoms with Crippen LogP contribution in [-0.2, 0) is 32.2 Å². The Morgan fingerprint density at radius 3 is 1.91 bits per heavy atom. The number of aliphatic imine (C=N–C) groups is 1. The molecular weight excluding hydrogens is 594 g/mol. The molecule has 0 aliphatic heterocycles. The molecule has 3 aromatic rings. The third kappa shape index (κ3) is 11.4. The highest BCUT2D eigenvalue weighted by atomic mass is 16.6. The number of urea groups is 1. The molecule has 14 heteroatoms. The fraction of sp³-hybridized carbons (Fsp3) is 0.281. The summed E-state index contributed by atoms with van der Waals surface area (Å²) in [4.78, 5) is 53.7. The number of nitrogens with one attached hydrogen (secondary N) is 3. The minimum absolute atomic E-state index is 0.0311. The predicted molar refractivity (Wildman–Crippen MR) is 170 cm³/mol. The van der Waals surface area contributed by atoms with E-state index in [0.717, 1.165) is 11.1 Å². The highest BCUT2D eigenvalue weighted by molar-refractivity contribution is 5.92. The van der Waals surface area contributed by atoms with E-state index >= 15 is 0 Å². The number of ether oxygens (including phenoxy) is 2. The van der Waals surface area contributed by atoms with E-state index in [1.54, 1.807) is 48.5 Å². The van der Waals surface area contributed by atoms with Gasteiger partial charge in [0.15, 0.2) is 12.6 Å². The van der Waals surface area contributed by atoms with Crippen LogP contribution in [0.15, 0.2) is 77.8 Å². The summed E-state index contributed by atoms with van der Waals surface area (Å²) in [5.41, 5.74) is 18.8. The number of nitrogens with two attached hydrogens (primary N) is 3. The van der Waals surface area contributed by atoms with Crippen molar-refractivity contribution in [3.63, 3.8) is 0 Å². The van der Waals surface area contributed by atoms with Gasteiger partial charge in [-0.05, 0) is 59.4 Å². The molecule has 244 valence electrons. The van der Waals surface area contributed by atoms with E-state index in [-0.39, 0.29) is 44.4 Å². The van der Waals surface area contributed by atoms with Crippen molar-refractivity contribution in [1.82, 2.24) is 16.0 Å². The van der Waals surface area contributed by atoms with Crippen LogP contribution in [0, 0.1) is 0 Å². The molecule has 0 radical (unpaired) electrons. The number of esters is 1. The van der Waals surface area contributed by atoms with E-state index in [9.17, 15) is 24.3 Å². The maximum absolute atomic E-state index is 13.9. The van der Waals surface area contributed by atoms with Gasteiger partial charge in [0.25, 0.3) is 0 Å². The standard InChI is InChI=1S/C32H39N7O7/c1-45-27(41)19-46-25-14-10-23(11-15-25)28(22-8-12-24(40)13-9-22)30(43)39-26(3-2-16-36-31(33)34)29(42)37-17-20-4-6-21(7-5-20)18-38-32(35)44/h4-15,26,28,40H,2-3,16-19H2,1H3,(H,37,42)(H,39,43)(H4,33,34,36)(H3,35,38,44)/t26-,28?/m1/s1. The van der Waals surface area contributed by atoms with Crippen molar-refractivity contribution >= 4 is 29.8 Å². The molecule has 46 heavy (non-hydrogen) atoms. The van der Waals surface area contributed by atoms with E-state index in [2.05, 4.69) is 25.7 Å². The second-order valence-corrected chi connectivity index (χ2v) is 10.2. The second kappa shape index (κ2) is 17.5. The number of nitrogens with zero attached hydrogens (tertiary/aromatic N) is 1. The number of carbonyl (C=O) groups excluding carboxylic acids is 4. The summed E-state index contributed by atoms with van der Waals surface area (Å²) in [6.45, 7) is 0.455. The minimum atomic E-state index is -0.928. The summed E-state index contributed by atoms with van der Waals surface area (Å²) in [7, 11) is 1.26. The van der Waals surface area contributed by atoms with E-state index in [4.69, 9.17) is 21.9 Å². The van der Waals surface area contributed by atoms with Crippen molar-refractivity contribution in [1.29, 1.82) is 0 Å². The van der Waals surface area contributed by atoms with Crippen molar-refractivity contribution in [2.45, 2.75) is 37.9 Å². The number of rotatable bonds is 16. The Kier molecular flexibility index (Phi) is 13.2. The molecule has 0 aromatic heterocycles. The predicted octanol–water partition coefficient (Wildman–Crippen LogP) is 1.10. The molecule has 0 heterocycles. The Labute approximate surface area is 266 Å². The summed E-state index contributed by atoms with van der Waals surface area (Å²) < 4.78 is 10.0. The van der Waals surface area contributed by atoms with Gasteiger partial charge in [-0.25, -0.2) is 9.59 Å². The summed E-state index contributed by atoms with van der Waals surface area (Å²) in [5.74, 6) is -1.91. The maximum atomic E-state index is 13.9. The molecule has 0 spiro atoms. The first kappa shape index (κ1) is 34.7. The number of carbonyl (C=O) groups is 4. The lowest BCUT2D eigenvalue weighted by atomic mass is 9.90. The molecule has 4 amide bonds. The van der Waals surface area contributed by atoms with Gasteiger partial charge in [0, 0.05) is 19.6 Å². The molecule has 1 unspecified atom stereocenters. The Hall–Kier alpha value is -5.79. The van der Waals surface area contributed by atoms with E-state index in [1.807, 2.05) is 12.1 Å². The molecule has 3 aromatic carbocycles. The fourth-order valence-electron chi connectivity index (χ4n) is 4.42. The van der Waals surface area contributed by atoms with Crippen molar-refractivity contribution in [3.8, 4) is 11.5 Å². The highest BCUT2D eigenvalue weighted by Gasteiger charge is 2.28. The first-order valence-corrected chi connectivity index (χ1v) is 14.4. The van der Waals surface area contributed by atoms with Crippen LogP contribution in [0.25, 0.3) is 0 Å². The monoisotopic (exact) mass is 633 g/mol. The number of primary amides is 1. The minimum Gasteiger partial charge on any atom is -0.508 e. The molecule has 0 aliphatic rings.